The van der Waals surface area contributed by atoms with Crippen LogP contribution in [0.15, 0.2) is 30.3 Å². The minimum atomic E-state index is -1.09. The lowest BCUT2D eigenvalue weighted by Crippen LogP contribution is -2.01. The summed E-state index contributed by atoms with van der Waals surface area (Å²) >= 11 is 12.8. The highest BCUT2D eigenvalue weighted by atomic mass is 35.5. The summed E-state index contributed by atoms with van der Waals surface area (Å²) in [5, 5.41) is 9.99. The highest BCUT2D eigenvalue weighted by Gasteiger charge is 2.19. The molecule has 1 heterocycles. The van der Waals surface area contributed by atoms with Crippen LogP contribution in [0.4, 0.5) is 4.39 Å². The van der Waals surface area contributed by atoms with Gasteiger partial charge in [-0.2, -0.15) is 0 Å². The first kappa shape index (κ1) is 11.9. The minimum absolute atomic E-state index is 0.193. The molecule has 0 radical (unpaired) electrons. The summed E-state index contributed by atoms with van der Waals surface area (Å²) in [6.07, 6.45) is -1.09. The van der Waals surface area contributed by atoms with Gasteiger partial charge in [-0.1, -0.05) is 41.4 Å². The van der Waals surface area contributed by atoms with E-state index in [0.717, 1.165) is 11.3 Å². The number of halogens is 3. The van der Waals surface area contributed by atoms with Gasteiger partial charge in [-0.15, -0.1) is 11.3 Å². The highest BCUT2D eigenvalue weighted by Crippen LogP contribution is 2.37. The fourth-order valence-electron chi connectivity index (χ4n) is 1.40. The van der Waals surface area contributed by atoms with Crippen LogP contribution in [0, 0.1) is 5.82 Å². The zero-order chi connectivity index (χ0) is 11.7. The van der Waals surface area contributed by atoms with Crippen LogP contribution in [0.5, 0.6) is 0 Å². The number of rotatable bonds is 2. The molecule has 16 heavy (non-hydrogen) atoms. The van der Waals surface area contributed by atoms with Crippen molar-refractivity contribution < 1.29 is 9.50 Å². The molecular weight excluding hydrogens is 270 g/mol. The lowest BCUT2D eigenvalue weighted by atomic mass is 10.0. The molecule has 0 aliphatic heterocycles. The van der Waals surface area contributed by atoms with Gasteiger partial charge in [-0.3, -0.25) is 0 Å². The lowest BCUT2D eigenvalue weighted by molar-refractivity contribution is 0.215. The summed E-state index contributed by atoms with van der Waals surface area (Å²) < 4.78 is 14.3. The van der Waals surface area contributed by atoms with E-state index >= 15 is 0 Å². The second-order valence-electron chi connectivity index (χ2n) is 3.20. The van der Waals surface area contributed by atoms with Crippen molar-refractivity contribution in [1.29, 1.82) is 0 Å². The Morgan fingerprint density at radius 3 is 2.44 bits per heavy atom. The van der Waals surface area contributed by atoms with E-state index in [9.17, 15) is 9.50 Å². The second-order valence-corrected chi connectivity index (χ2v) is 5.49. The Kier molecular flexibility index (Phi) is 3.50. The van der Waals surface area contributed by atoms with Crippen LogP contribution >= 0.6 is 34.5 Å². The number of benzene rings is 1. The molecule has 0 saturated heterocycles. The van der Waals surface area contributed by atoms with E-state index in [0.29, 0.717) is 14.2 Å². The van der Waals surface area contributed by atoms with E-state index in [1.165, 1.54) is 12.1 Å². The van der Waals surface area contributed by atoms with Crippen molar-refractivity contribution in [3.63, 3.8) is 0 Å². The SMILES string of the molecule is OC(c1ccccc1F)c1cc(Cl)sc1Cl. The standard InChI is InChI=1S/C11H7Cl2FOS/c12-9-5-7(11(13)16-9)10(15)6-3-1-2-4-8(6)14/h1-5,10,15H. The van der Waals surface area contributed by atoms with Crippen LogP contribution in [-0.2, 0) is 0 Å². The second kappa shape index (κ2) is 4.72. The Hall–Kier alpha value is -0.610. The Balaban J connectivity index is 2.43. The van der Waals surface area contributed by atoms with Gasteiger partial charge < -0.3 is 5.11 Å². The minimum Gasteiger partial charge on any atom is -0.383 e. The predicted molar refractivity (Wildman–Crippen MR) is 64.8 cm³/mol. The van der Waals surface area contributed by atoms with Crippen molar-refractivity contribution in [2.45, 2.75) is 6.10 Å². The summed E-state index contributed by atoms with van der Waals surface area (Å²) in [5.74, 6) is -0.464. The monoisotopic (exact) mass is 276 g/mol. The molecular formula is C11H7Cl2FOS. The summed E-state index contributed by atoms with van der Waals surface area (Å²) in [5.41, 5.74) is 0.626. The van der Waals surface area contributed by atoms with E-state index < -0.39 is 11.9 Å². The Morgan fingerprint density at radius 2 is 1.88 bits per heavy atom. The number of thiophene rings is 1. The van der Waals surface area contributed by atoms with E-state index in [1.807, 2.05) is 0 Å². The molecule has 84 valence electrons. The fraction of sp³-hybridized carbons (Fsp3) is 0.0909. The summed E-state index contributed by atoms with van der Waals surface area (Å²) in [6, 6.07) is 7.57. The maximum absolute atomic E-state index is 13.4. The maximum Gasteiger partial charge on any atom is 0.129 e. The quantitative estimate of drug-likeness (QED) is 0.868. The lowest BCUT2D eigenvalue weighted by Gasteiger charge is -2.10. The van der Waals surface area contributed by atoms with Gasteiger partial charge >= 0.3 is 0 Å². The molecule has 0 amide bonds. The summed E-state index contributed by atoms with van der Waals surface area (Å²) in [6.45, 7) is 0. The third kappa shape index (κ3) is 2.23. The molecule has 1 N–H and O–H groups in total. The van der Waals surface area contributed by atoms with Crippen molar-refractivity contribution >= 4 is 34.5 Å². The third-order valence-corrected chi connectivity index (χ3v) is 3.70. The zero-order valence-corrected chi connectivity index (χ0v) is 10.3. The molecule has 1 unspecified atom stereocenters. The Labute approximate surface area is 106 Å². The number of aliphatic hydroxyl groups is 1. The van der Waals surface area contributed by atoms with Gasteiger partial charge in [0.05, 0.1) is 4.34 Å². The molecule has 0 saturated carbocycles. The average Bonchev–Trinajstić information content (AvgIpc) is 2.58. The first-order valence-corrected chi connectivity index (χ1v) is 6.04. The topological polar surface area (TPSA) is 20.2 Å². The van der Waals surface area contributed by atoms with Crippen LogP contribution in [0.1, 0.15) is 17.2 Å². The van der Waals surface area contributed by atoms with Gasteiger partial charge in [-0.25, -0.2) is 4.39 Å². The first-order chi connectivity index (χ1) is 7.59. The molecule has 2 aromatic rings. The normalized spacial score (nSPS) is 12.8. The van der Waals surface area contributed by atoms with Gasteiger partial charge in [-0.05, 0) is 12.1 Å². The van der Waals surface area contributed by atoms with Gasteiger partial charge in [0.15, 0.2) is 0 Å². The smallest absolute Gasteiger partial charge is 0.129 e. The molecule has 1 nitrogen and oxygen atoms in total. The van der Waals surface area contributed by atoms with Crippen molar-refractivity contribution in [2.75, 3.05) is 0 Å². The van der Waals surface area contributed by atoms with Crippen LogP contribution in [-0.4, -0.2) is 5.11 Å². The van der Waals surface area contributed by atoms with E-state index in [4.69, 9.17) is 23.2 Å². The van der Waals surface area contributed by atoms with E-state index in [1.54, 1.807) is 18.2 Å². The van der Waals surface area contributed by atoms with Gasteiger partial charge in [0, 0.05) is 11.1 Å². The zero-order valence-electron chi connectivity index (χ0n) is 7.95. The molecule has 2 rings (SSSR count). The largest absolute Gasteiger partial charge is 0.383 e. The summed E-state index contributed by atoms with van der Waals surface area (Å²) in [4.78, 5) is 0. The molecule has 1 atom stereocenters. The first-order valence-electron chi connectivity index (χ1n) is 4.47. The van der Waals surface area contributed by atoms with E-state index in [2.05, 4.69) is 0 Å². The van der Waals surface area contributed by atoms with Gasteiger partial charge in [0.2, 0.25) is 0 Å². The van der Waals surface area contributed by atoms with Gasteiger partial charge in [0.1, 0.15) is 16.3 Å². The Morgan fingerprint density at radius 1 is 1.19 bits per heavy atom. The fourth-order valence-corrected chi connectivity index (χ4v) is 2.92. The van der Waals surface area contributed by atoms with Crippen LogP contribution in [0.2, 0.25) is 8.67 Å². The number of hydrogen-bond donors (Lipinski definition) is 1. The van der Waals surface area contributed by atoms with Crippen molar-refractivity contribution in [2.24, 2.45) is 0 Å². The van der Waals surface area contributed by atoms with E-state index in [-0.39, 0.29) is 5.56 Å². The van der Waals surface area contributed by atoms with Crippen LogP contribution in [0.25, 0.3) is 0 Å². The molecule has 1 aromatic carbocycles. The highest BCUT2D eigenvalue weighted by molar-refractivity contribution is 7.20. The molecule has 1 aromatic heterocycles. The molecule has 0 aliphatic carbocycles. The van der Waals surface area contributed by atoms with Crippen molar-refractivity contribution in [3.05, 3.63) is 55.9 Å². The van der Waals surface area contributed by atoms with Crippen molar-refractivity contribution in [1.82, 2.24) is 0 Å². The Bertz CT molecular complexity index is 512. The maximum atomic E-state index is 13.4. The van der Waals surface area contributed by atoms with Crippen LogP contribution in [0.3, 0.4) is 0 Å². The molecule has 0 fully saturated rings. The average molecular weight is 277 g/mol. The third-order valence-electron chi connectivity index (χ3n) is 2.18. The predicted octanol–water partition coefficient (Wildman–Crippen LogP) is 4.28. The number of hydrogen-bond acceptors (Lipinski definition) is 2. The number of aliphatic hydroxyl groups excluding tert-OH is 1. The molecule has 5 heteroatoms. The van der Waals surface area contributed by atoms with Gasteiger partial charge in [0.25, 0.3) is 0 Å². The van der Waals surface area contributed by atoms with Crippen LogP contribution < -0.4 is 0 Å². The molecule has 0 bridgehead atoms. The summed E-state index contributed by atoms with van der Waals surface area (Å²) in [7, 11) is 0. The molecule has 0 aliphatic rings. The van der Waals surface area contributed by atoms with Crippen molar-refractivity contribution in [3.8, 4) is 0 Å². The molecule has 0 spiro atoms.